The minimum absolute atomic E-state index is 0.00348. The number of phenolic OH excluding ortho intramolecular Hbond substituents is 1. The lowest BCUT2D eigenvalue weighted by Crippen LogP contribution is -2.37. The predicted octanol–water partition coefficient (Wildman–Crippen LogP) is 1.61. The first-order valence-electron chi connectivity index (χ1n) is 4.53. The van der Waals surface area contributed by atoms with Gasteiger partial charge in [0.25, 0.3) is 0 Å². The fourth-order valence-electron chi connectivity index (χ4n) is 1.13. The molecule has 0 radical (unpaired) electrons. The van der Waals surface area contributed by atoms with Crippen molar-refractivity contribution in [2.75, 3.05) is 6.54 Å². The first kappa shape index (κ1) is 12.4. The van der Waals surface area contributed by atoms with E-state index in [1.165, 1.54) is 6.07 Å². The second-order valence-corrected chi connectivity index (χ2v) is 3.13. The van der Waals surface area contributed by atoms with Crippen molar-refractivity contribution in [1.82, 2.24) is 5.32 Å². The molecule has 88 valence electrons. The van der Waals surface area contributed by atoms with E-state index in [0.29, 0.717) is 5.56 Å². The Balaban J connectivity index is 2.43. The summed E-state index contributed by atoms with van der Waals surface area (Å²) >= 11 is 0. The number of hydrogen-bond donors (Lipinski definition) is 2. The summed E-state index contributed by atoms with van der Waals surface area (Å²) in [6.07, 6.45) is -4.72. The van der Waals surface area contributed by atoms with E-state index in [9.17, 15) is 23.1 Å². The van der Waals surface area contributed by atoms with Gasteiger partial charge in [-0.05, 0) is 18.1 Å². The van der Waals surface area contributed by atoms with Crippen LogP contribution in [0.2, 0.25) is 0 Å². The van der Waals surface area contributed by atoms with Crippen molar-refractivity contribution in [3.05, 3.63) is 29.8 Å². The van der Waals surface area contributed by atoms with Crippen molar-refractivity contribution in [3.63, 3.8) is 0 Å². The molecule has 0 heterocycles. The minimum atomic E-state index is -4.86. The Morgan fingerprint density at radius 1 is 1.31 bits per heavy atom. The highest BCUT2D eigenvalue weighted by Gasteiger charge is 2.38. The number of amides is 1. The second-order valence-electron chi connectivity index (χ2n) is 3.13. The van der Waals surface area contributed by atoms with Gasteiger partial charge < -0.3 is 10.4 Å². The molecule has 16 heavy (non-hydrogen) atoms. The molecular formula is C10H10F3NO2. The standard InChI is InChI=1S/C10H10F3NO2/c11-10(12,13)9(16)14-6-5-7-3-1-2-4-8(7)15/h1-4,15H,5-6H2,(H,14,16). The lowest BCUT2D eigenvalue weighted by atomic mass is 10.1. The van der Waals surface area contributed by atoms with Crippen LogP contribution in [-0.2, 0) is 11.2 Å². The molecule has 0 bridgehead atoms. The van der Waals surface area contributed by atoms with Gasteiger partial charge in [0.1, 0.15) is 5.75 Å². The molecule has 0 atom stereocenters. The van der Waals surface area contributed by atoms with E-state index in [4.69, 9.17) is 0 Å². The maximum Gasteiger partial charge on any atom is 0.471 e. The summed E-state index contributed by atoms with van der Waals surface area (Å²) in [4.78, 5) is 10.4. The molecule has 6 heteroatoms. The highest BCUT2D eigenvalue weighted by atomic mass is 19.4. The fourth-order valence-corrected chi connectivity index (χ4v) is 1.13. The van der Waals surface area contributed by atoms with Gasteiger partial charge in [-0.15, -0.1) is 0 Å². The maximum atomic E-state index is 11.8. The van der Waals surface area contributed by atoms with Crippen LogP contribution < -0.4 is 5.32 Å². The summed E-state index contributed by atoms with van der Waals surface area (Å²) < 4.78 is 35.4. The fraction of sp³-hybridized carbons (Fsp3) is 0.300. The maximum absolute atomic E-state index is 11.8. The van der Waals surface area contributed by atoms with Gasteiger partial charge in [0.2, 0.25) is 0 Å². The Morgan fingerprint density at radius 2 is 1.94 bits per heavy atom. The van der Waals surface area contributed by atoms with Crippen LogP contribution in [0.25, 0.3) is 0 Å². The van der Waals surface area contributed by atoms with Crippen LogP contribution in [0.5, 0.6) is 5.75 Å². The van der Waals surface area contributed by atoms with Crippen molar-refractivity contribution >= 4 is 5.91 Å². The Morgan fingerprint density at radius 3 is 2.50 bits per heavy atom. The van der Waals surface area contributed by atoms with Crippen LogP contribution in [0, 0.1) is 0 Å². The van der Waals surface area contributed by atoms with Crippen molar-refractivity contribution in [3.8, 4) is 5.75 Å². The summed E-state index contributed by atoms with van der Waals surface area (Å²) in [6.45, 7) is -0.171. The molecule has 3 nitrogen and oxygen atoms in total. The van der Waals surface area contributed by atoms with E-state index in [1.807, 2.05) is 0 Å². The number of benzene rings is 1. The van der Waals surface area contributed by atoms with E-state index in [0.717, 1.165) is 0 Å². The number of alkyl halides is 3. The number of halogens is 3. The van der Waals surface area contributed by atoms with E-state index in [1.54, 1.807) is 23.5 Å². The van der Waals surface area contributed by atoms with Crippen LogP contribution >= 0.6 is 0 Å². The Hall–Kier alpha value is -1.72. The molecule has 1 rings (SSSR count). The zero-order chi connectivity index (χ0) is 12.2. The number of para-hydroxylation sites is 1. The Kier molecular flexibility index (Phi) is 3.76. The molecule has 0 spiro atoms. The highest BCUT2D eigenvalue weighted by Crippen LogP contribution is 2.16. The first-order valence-corrected chi connectivity index (χ1v) is 4.53. The topological polar surface area (TPSA) is 49.3 Å². The zero-order valence-electron chi connectivity index (χ0n) is 8.21. The van der Waals surface area contributed by atoms with Gasteiger partial charge in [-0.3, -0.25) is 4.79 Å². The molecule has 0 aliphatic carbocycles. The lowest BCUT2D eigenvalue weighted by molar-refractivity contribution is -0.173. The molecule has 0 aromatic heterocycles. The van der Waals surface area contributed by atoms with Crippen LogP contribution in [0.3, 0.4) is 0 Å². The molecule has 1 amide bonds. The summed E-state index contributed by atoms with van der Waals surface area (Å²) in [5.41, 5.74) is 0.491. The largest absolute Gasteiger partial charge is 0.508 e. The predicted molar refractivity (Wildman–Crippen MR) is 50.9 cm³/mol. The third-order valence-electron chi connectivity index (χ3n) is 1.93. The summed E-state index contributed by atoms with van der Waals surface area (Å²) in [7, 11) is 0. The van der Waals surface area contributed by atoms with Crippen molar-refractivity contribution < 1.29 is 23.1 Å². The lowest BCUT2D eigenvalue weighted by Gasteiger charge is -2.08. The first-order chi connectivity index (χ1) is 7.41. The number of aromatic hydroxyl groups is 1. The number of hydrogen-bond acceptors (Lipinski definition) is 2. The van der Waals surface area contributed by atoms with Crippen molar-refractivity contribution in [2.45, 2.75) is 12.6 Å². The van der Waals surface area contributed by atoms with Gasteiger partial charge in [-0.2, -0.15) is 13.2 Å². The molecule has 1 aromatic carbocycles. The number of rotatable bonds is 3. The molecule has 2 N–H and O–H groups in total. The van der Waals surface area contributed by atoms with Crippen LogP contribution in [0.1, 0.15) is 5.56 Å². The van der Waals surface area contributed by atoms with Gasteiger partial charge in [0.15, 0.2) is 0 Å². The molecular weight excluding hydrogens is 223 g/mol. The average Bonchev–Trinajstić information content (AvgIpc) is 2.19. The van der Waals surface area contributed by atoms with E-state index in [-0.39, 0.29) is 18.7 Å². The smallest absolute Gasteiger partial charge is 0.471 e. The third kappa shape index (κ3) is 3.45. The molecule has 0 fully saturated rings. The molecule has 1 aromatic rings. The van der Waals surface area contributed by atoms with E-state index < -0.39 is 12.1 Å². The summed E-state index contributed by atoms with van der Waals surface area (Å²) in [6, 6.07) is 6.27. The van der Waals surface area contributed by atoms with Crippen LogP contribution in [-0.4, -0.2) is 23.7 Å². The van der Waals surface area contributed by atoms with Crippen LogP contribution in [0.4, 0.5) is 13.2 Å². The van der Waals surface area contributed by atoms with Crippen molar-refractivity contribution in [1.29, 1.82) is 0 Å². The Bertz CT molecular complexity index is 377. The SMILES string of the molecule is O=C(NCCc1ccccc1O)C(F)(F)F. The number of nitrogens with one attached hydrogen (secondary N) is 1. The molecule has 0 aliphatic rings. The molecule has 0 unspecified atom stereocenters. The number of phenols is 1. The number of carbonyl (C=O) groups excluding carboxylic acids is 1. The summed E-state index contributed by atoms with van der Waals surface area (Å²) in [5, 5.41) is 11.0. The van der Waals surface area contributed by atoms with E-state index in [2.05, 4.69) is 0 Å². The minimum Gasteiger partial charge on any atom is -0.508 e. The van der Waals surface area contributed by atoms with Gasteiger partial charge in [-0.1, -0.05) is 18.2 Å². The second kappa shape index (κ2) is 4.87. The quantitative estimate of drug-likeness (QED) is 0.833. The Labute approximate surface area is 89.9 Å². The van der Waals surface area contributed by atoms with Gasteiger partial charge >= 0.3 is 12.1 Å². The summed E-state index contributed by atoms with van der Waals surface area (Å²) in [5.74, 6) is -1.97. The van der Waals surface area contributed by atoms with Crippen molar-refractivity contribution in [2.24, 2.45) is 0 Å². The number of carbonyl (C=O) groups is 1. The van der Waals surface area contributed by atoms with Gasteiger partial charge in [-0.25, -0.2) is 0 Å². The van der Waals surface area contributed by atoms with Gasteiger partial charge in [0, 0.05) is 6.54 Å². The molecule has 0 saturated carbocycles. The molecule has 0 saturated heterocycles. The van der Waals surface area contributed by atoms with E-state index >= 15 is 0 Å². The highest BCUT2D eigenvalue weighted by molar-refractivity contribution is 5.81. The molecule has 0 aliphatic heterocycles. The third-order valence-corrected chi connectivity index (χ3v) is 1.93. The monoisotopic (exact) mass is 233 g/mol. The zero-order valence-corrected chi connectivity index (χ0v) is 8.21. The average molecular weight is 233 g/mol. The normalized spacial score (nSPS) is 11.2. The van der Waals surface area contributed by atoms with Crippen LogP contribution in [0.15, 0.2) is 24.3 Å². The van der Waals surface area contributed by atoms with Gasteiger partial charge in [0.05, 0.1) is 0 Å².